The van der Waals surface area contributed by atoms with Crippen molar-refractivity contribution in [2.45, 2.75) is 38.1 Å². The van der Waals surface area contributed by atoms with E-state index in [0.717, 1.165) is 29.7 Å². The number of phenolic OH excluding ortho intramolecular Hbond substituents is 2. The second-order valence-electron chi connectivity index (χ2n) is 8.01. The zero-order valence-electron chi connectivity index (χ0n) is 19.1. The lowest BCUT2D eigenvalue weighted by Gasteiger charge is -2.24. The molecule has 3 rings (SSSR count). The van der Waals surface area contributed by atoms with E-state index in [0.29, 0.717) is 17.5 Å². The molecule has 0 saturated heterocycles. The summed E-state index contributed by atoms with van der Waals surface area (Å²) in [6.45, 7) is 0. The van der Waals surface area contributed by atoms with Crippen molar-refractivity contribution in [3.8, 4) is 23.0 Å². The highest BCUT2D eigenvalue weighted by atomic mass is 16.5. The van der Waals surface area contributed by atoms with Crippen LogP contribution in [0.3, 0.4) is 0 Å². The number of rotatable bonds is 9. The van der Waals surface area contributed by atoms with E-state index in [1.807, 2.05) is 12.2 Å². The molecule has 0 aliphatic heterocycles. The van der Waals surface area contributed by atoms with Gasteiger partial charge in [0, 0.05) is 17.8 Å². The fourth-order valence-corrected chi connectivity index (χ4v) is 3.78. The summed E-state index contributed by atoms with van der Waals surface area (Å²) in [6.07, 6.45) is 14.3. The van der Waals surface area contributed by atoms with Gasteiger partial charge in [0.15, 0.2) is 28.8 Å². The van der Waals surface area contributed by atoms with Crippen LogP contribution in [0.15, 0.2) is 60.3 Å². The van der Waals surface area contributed by atoms with Crippen LogP contribution in [-0.4, -0.2) is 36.3 Å². The van der Waals surface area contributed by atoms with Crippen molar-refractivity contribution in [3.63, 3.8) is 0 Å². The Morgan fingerprint density at radius 1 is 0.879 bits per heavy atom. The minimum atomic E-state index is -0.159. The first-order valence-electron chi connectivity index (χ1n) is 11.1. The third-order valence-corrected chi connectivity index (χ3v) is 5.58. The molecule has 33 heavy (non-hydrogen) atoms. The zero-order chi connectivity index (χ0) is 23.6. The molecule has 1 fully saturated rings. The highest BCUT2D eigenvalue weighted by Gasteiger charge is 2.13. The van der Waals surface area contributed by atoms with E-state index in [9.17, 15) is 15.0 Å². The molecular weight excluding hydrogens is 418 g/mol. The standard InChI is InChI=1S/C27H31NO5/c1-32-26-16-19(10-14-24(26)30)8-12-22(28-21-6-4-3-5-7-21)18-23(29)13-9-20-11-15-25(31)27(17-20)33-2/h8-18,21,28,30-31H,3-7H2,1-2H3/b12-8+,13-9+,22-18-. The summed E-state index contributed by atoms with van der Waals surface area (Å²) in [6, 6.07) is 10.4. The van der Waals surface area contributed by atoms with E-state index >= 15 is 0 Å². The lowest BCUT2D eigenvalue weighted by atomic mass is 9.95. The summed E-state index contributed by atoms with van der Waals surface area (Å²) in [5.74, 6) is 0.722. The predicted octanol–water partition coefficient (Wildman–Crippen LogP) is 5.22. The molecule has 0 amide bonds. The Kier molecular flexibility index (Phi) is 8.58. The van der Waals surface area contributed by atoms with Crippen molar-refractivity contribution in [2.75, 3.05) is 14.2 Å². The second kappa shape index (κ2) is 11.8. The lowest BCUT2D eigenvalue weighted by Crippen LogP contribution is -2.30. The topological polar surface area (TPSA) is 88.0 Å². The first-order valence-corrected chi connectivity index (χ1v) is 11.1. The van der Waals surface area contributed by atoms with Crippen molar-refractivity contribution in [1.82, 2.24) is 5.32 Å². The monoisotopic (exact) mass is 449 g/mol. The van der Waals surface area contributed by atoms with Gasteiger partial charge in [-0.2, -0.15) is 0 Å². The van der Waals surface area contributed by atoms with Gasteiger partial charge in [0.2, 0.25) is 0 Å². The molecule has 0 unspecified atom stereocenters. The average Bonchev–Trinajstić information content (AvgIpc) is 2.83. The number of ketones is 1. The normalized spacial score (nSPS) is 15.2. The van der Waals surface area contributed by atoms with Gasteiger partial charge in [-0.25, -0.2) is 0 Å². The van der Waals surface area contributed by atoms with E-state index < -0.39 is 0 Å². The van der Waals surface area contributed by atoms with Gasteiger partial charge in [0.1, 0.15) is 0 Å². The summed E-state index contributed by atoms with van der Waals surface area (Å²) in [4.78, 5) is 12.7. The van der Waals surface area contributed by atoms with Crippen molar-refractivity contribution in [3.05, 3.63) is 71.5 Å². The maximum Gasteiger partial charge on any atom is 0.180 e. The van der Waals surface area contributed by atoms with Crippen molar-refractivity contribution in [1.29, 1.82) is 0 Å². The van der Waals surface area contributed by atoms with Crippen LogP contribution < -0.4 is 14.8 Å². The summed E-state index contributed by atoms with van der Waals surface area (Å²) in [5.41, 5.74) is 2.33. The number of benzene rings is 2. The SMILES string of the molecule is COc1cc(/C=C/C(=O)/C=C(/C=C/c2ccc(O)c(OC)c2)NC2CCCCC2)ccc1O. The predicted molar refractivity (Wildman–Crippen MR) is 130 cm³/mol. The summed E-state index contributed by atoms with van der Waals surface area (Å²) < 4.78 is 10.3. The molecule has 6 nitrogen and oxygen atoms in total. The third-order valence-electron chi connectivity index (χ3n) is 5.58. The molecule has 2 aromatic carbocycles. The summed E-state index contributed by atoms with van der Waals surface area (Å²) >= 11 is 0. The quantitative estimate of drug-likeness (QED) is 0.359. The fraction of sp³-hybridized carbons (Fsp3) is 0.296. The number of aromatic hydroxyl groups is 2. The minimum Gasteiger partial charge on any atom is -0.504 e. The molecule has 174 valence electrons. The van der Waals surface area contributed by atoms with Crippen LogP contribution >= 0.6 is 0 Å². The molecule has 0 bridgehead atoms. The first-order chi connectivity index (χ1) is 16.0. The Hall–Kier alpha value is -3.67. The highest BCUT2D eigenvalue weighted by molar-refractivity contribution is 6.02. The molecular formula is C27H31NO5. The summed E-state index contributed by atoms with van der Waals surface area (Å²) in [5, 5.41) is 23.0. The van der Waals surface area contributed by atoms with Crippen LogP contribution in [0.1, 0.15) is 43.2 Å². The van der Waals surface area contributed by atoms with Crippen molar-refractivity contribution >= 4 is 17.9 Å². The third kappa shape index (κ3) is 7.17. The number of nitrogens with one attached hydrogen (secondary N) is 1. The van der Waals surface area contributed by atoms with Gasteiger partial charge in [0.05, 0.1) is 14.2 Å². The van der Waals surface area contributed by atoms with Crippen molar-refractivity contribution in [2.24, 2.45) is 0 Å². The van der Waals surface area contributed by atoms with E-state index in [-0.39, 0.29) is 17.3 Å². The number of phenols is 2. The molecule has 0 heterocycles. The number of methoxy groups -OCH3 is 2. The van der Waals surface area contributed by atoms with E-state index in [2.05, 4.69) is 5.32 Å². The second-order valence-corrected chi connectivity index (χ2v) is 8.01. The van der Waals surface area contributed by atoms with Crippen LogP contribution in [0.5, 0.6) is 23.0 Å². The molecule has 1 aliphatic carbocycles. The molecule has 6 heteroatoms. The van der Waals surface area contributed by atoms with Gasteiger partial charge in [-0.15, -0.1) is 0 Å². The van der Waals surface area contributed by atoms with Crippen LogP contribution in [0, 0.1) is 0 Å². The molecule has 0 atom stereocenters. The summed E-state index contributed by atoms with van der Waals surface area (Å²) in [7, 11) is 2.99. The number of hydrogen-bond acceptors (Lipinski definition) is 6. The molecule has 0 aromatic heterocycles. The Morgan fingerprint density at radius 3 is 1.97 bits per heavy atom. The van der Waals surface area contributed by atoms with E-state index in [4.69, 9.17) is 9.47 Å². The number of carbonyl (C=O) groups excluding carboxylic acids is 1. The zero-order valence-corrected chi connectivity index (χ0v) is 19.1. The maximum absolute atomic E-state index is 12.7. The maximum atomic E-state index is 12.7. The van der Waals surface area contributed by atoms with Crippen LogP contribution in [0.25, 0.3) is 12.2 Å². The Bertz CT molecular complexity index is 1050. The highest BCUT2D eigenvalue weighted by Crippen LogP contribution is 2.28. The number of carbonyl (C=O) groups is 1. The van der Waals surface area contributed by atoms with E-state index in [1.54, 1.807) is 42.5 Å². The molecule has 3 N–H and O–H groups in total. The van der Waals surface area contributed by atoms with Gasteiger partial charge in [-0.1, -0.05) is 43.5 Å². The fourth-order valence-electron chi connectivity index (χ4n) is 3.78. The molecule has 0 spiro atoms. The van der Waals surface area contributed by atoms with Crippen LogP contribution in [0.4, 0.5) is 0 Å². The molecule has 0 radical (unpaired) electrons. The molecule has 1 aliphatic rings. The van der Waals surface area contributed by atoms with Crippen LogP contribution in [0.2, 0.25) is 0 Å². The number of ether oxygens (including phenoxy) is 2. The van der Waals surface area contributed by atoms with E-state index in [1.165, 1.54) is 45.6 Å². The Morgan fingerprint density at radius 2 is 1.42 bits per heavy atom. The Labute approximate surface area is 194 Å². The number of hydrogen-bond donors (Lipinski definition) is 3. The van der Waals surface area contributed by atoms with Gasteiger partial charge in [-0.3, -0.25) is 4.79 Å². The molecule has 2 aromatic rings. The van der Waals surface area contributed by atoms with Gasteiger partial charge in [-0.05, 0) is 60.4 Å². The van der Waals surface area contributed by atoms with Gasteiger partial charge >= 0.3 is 0 Å². The van der Waals surface area contributed by atoms with Gasteiger partial charge < -0.3 is 25.0 Å². The lowest BCUT2D eigenvalue weighted by molar-refractivity contribution is -0.110. The Balaban J connectivity index is 1.79. The van der Waals surface area contributed by atoms with Gasteiger partial charge in [0.25, 0.3) is 0 Å². The minimum absolute atomic E-state index is 0.0517. The average molecular weight is 450 g/mol. The number of allylic oxidation sites excluding steroid dienone is 3. The first kappa shape index (κ1) is 24.0. The molecule has 1 saturated carbocycles. The van der Waals surface area contributed by atoms with Crippen molar-refractivity contribution < 1.29 is 24.5 Å². The van der Waals surface area contributed by atoms with Crippen LogP contribution in [-0.2, 0) is 4.79 Å². The largest absolute Gasteiger partial charge is 0.504 e. The smallest absolute Gasteiger partial charge is 0.180 e.